The van der Waals surface area contributed by atoms with Crippen molar-refractivity contribution in [2.45, 2.75) is 12.7 Å². The molecule has 26 heavy (non-hydrogen) atoms. The predicted molar refractivity (Wildman–Crippen MR) is 85.7 cm³/mol. The first kappa shape index (κ1) is 17.7. The third kappa shape index (κ3) is 3.17. The minimum atomic E-state index is -4.53. The van der Waals surface area contributed by atoms with Crippen molar-refractivity contribution in [3.63, 3.8) is 0 Å². The fraction of sp³-hybridized carbons (Fsp3) is 0.111. The van der Waals surface area contributed by atoms with Crippen molar-refractivity contribution in [2.24, 2.45) is 0 Å². The zero-order valence-corrected chi connectivity index (χ0v) is 13.0. The number of carboxylic acid groups (broad SMARTS) is 1. The zero-order chi connectivity index (χ0) is 19.1. The molecule has 0 amide bonds. The maximum absolute atomic E-state index is 14.1. The molecule has 0 spiro atoms. The smallest absolute Gasteiger partial charge is 0.416 e. The molecule has 4 nitrogen and oxygen atoms in total. The van der Waals surface area contributed by atoms with E-state index in [1.807, 2.05) is 0 Å². The van der Waals surface area contributed by atoms with E-state index >= 15 is 0 Å². The highest BCUT2D eigenvalue weighted by atomic mass is 19.4. The number of nitrogens with zero attached hydrogens (tertiary/aromatic N) is 1. The van der Waals surface area contributed by atoms with Crippen molar-refractivity contribution >= 4 is 16.9 Å². The zero-order valence-electron chi connectivity index (χ0n) is 13.0. The fourth-order valence-corrected chi connectivity index (χ4v) is 2.72. The Bertz CT molecular complexity index is 1070. The Labute approximate surface area is 143 Å². The molecule has 1 aromatic heterocycles. The van der Waals surface area contributed by atoms with Gasteiger partial charge in [0.15, 0.2) is 0 Å². The van der Waals surface area contributed by atoms with Crippen LogP contribution in [0.25, 0.3) is 10.9 Å². The van der Waals surface area contributed by atoms with Crippen molar-refractivity contribution in [1.82, 2.24) is 4.57 Å². The molecule has 0 aliphatic carbocycles. The number of rotatable bonds is 3. The monoisotopic (exact) mass is 365 g/mol. The van der Waals surface area contributed by atoms with Gasteiger partial charge < -0.3 is 9.67 Å². The summed E-state index contributed by atoms with van der Waals surface area (Å²) in [5.74, 6) is -2.44. The highest BCUT2D eigenvalue weighted by molar-refractivity contribution is 5.92. The first-order valence-electron chi connectivity index (χ1n) is 7.39. The van der Waals surface area contributed by atoms with Gasteiger partial charge in [0.2, 0.25) is 5.43 Å². The second kappa shape index (κ2) is 6.29. The average Bonchev–Trinajstić information content (AvgIpc) is 2.56. The lowest BCUT2D eigenvalue weighted by molar-refractivity contribution is -0.137. The molecule has 134 valence electrons. The van der Waals surface area contributed by atoms with E-state index in [9.17, 15) is 32.3 Å². The second-order valence-corrected chi connectivity index (χ2v) is 5.64. The van der Waals surface area contributed by atoms with Gasteiger partial charge in [-0.2, -0.15) is 13.2 Å². The van der Waals surface area contributed by atoms with Crippen LogP contribution in [0.3, 0.4) is 0 Å². The third-order valence-electron chi connectivity index (χ3n) is 3.90. The number of fused-ring (bicyclic) bond motifs is 1. The molecule has 0 aliphatic heterocycles. The topological polar surface area (TPSA) is 59.3 Å². The average molecular weight is 365 g/mol. The molecule has 8 heteroatoms. The van der Waals surface area contributed by atoms with E-state index in [4.69, 9.17) is 0 Å². The Hall–Kier alpha value is -3.16. The largest absolute Gasteiger partial charge is 0.477 e. The number of hydrogen-bond acceptors (Lipinski definition) is 2. The van der Waals surface area contributed by atoms with Gasteiger partial charge in [-0.05, 0) is 29.8 Å². The minimum Gasteiger partial charge on any atom is -0.477 e. The number of carbonyl (C=O) groups is 1. The SMILES string of the molecule is O=C(O)c1cn(Cc2cccc(C(F)(F)F)c2)c2cccc(F)c2c1=O. The van der Waals surface area contributed by atoms with Crippen LogP contribution in [-0.2, 0) is 12.7 Å². The first-order chi connectivity index (χ1) is 12.2. The summed E-state index contributed by atoms with van der Waals surface area (Å²) in [7, 11) is 0. The number of aromatic nitrogens is 1. The van der Waals surface area contributed by atoms with Gasteiger partial charge in [-0.1, -0.05) is 18.2 Å². The molecule has 0 unspecified atom stereocenters. The molecule has 1 N–H and O–H groups in total. The number of benzene rings is 2. The van der Waals surface area contributed by atoms with Crippen LogP contribution in [0.15, 0.2) is 53.5 Å². The van der Waals surface area contributed by atoms with Gasteiger partial charge in [0.25, 0.3) is 0 Å². The lowest BCUT2D eigenvalue weighted by Gasteiger charge is -2.14. The number of pyridine rings is 1. The maximum atomic E-state index is 14.1. The number of halogens is 4. The second-order valence-electron chi connectivity index (χ2n) is 5.64. The predicted octanol–water partition coefficient (Wildman–Crippen LogP) is 3.91. The molecule has 2 aromatic carbocycles. The van der Waals surface area contributed by atoms with Crippen LogP contribution < -0.4 is 5.43 Å². The molecule has 0 fully saturated rings. The Kier molecular flexibility index (Phi) is 4.27. The lowest BCUT2D eigenvalue weighted by atomic mass is 10.1. The number of hydrogen-bond donors (Lipinski definition) is 1. The summed E-state index contributed by atoms with van der Waals surface area (Å²) in [5, 5.41) is 8.76. The molecule has 3 aromatic rings. The molecular weight excluding hydrogens is 354 g/mol. The number of carboxylic acids is 1. The van der Waals surface area contributed by atoms with Gasteiger partial charge in [0.1, 0.15) is 11.4 Å². The molecular formula is C18H11F4NO3. The van der Waals surface area contributed by atoms with E-state index in [0.29, 0.717) is 0 Å². The summed E-state index contributed by atoms with van der Waals surface area (Å²) in [5.41, 5.74) is -2.17. The summed E-state index contributed by atoms with van der Waals surface area (Å²) in [4.78, 5) is 23.5. The molecule has 1 heterocycles. The van der Waals surface area contributed by atoms with Gasteiger partial charge in [0, 0.05) is 12.7 Å². The minimum absolute atomic E-state index is 0.0948. The van der Waals surface area contributed by atoms with Crippen LogP contribution in [-0.4, -0.2) is 15.6 Å². The van der Waals surface area contributed by atoms with E-state index in [-0.39, 0.29) is 17.6 Å². The van der Waals surface area contributed by atoms with Crippen LogP contribution in [0.1, 0.15) is 21.5 Å². The summed E-state index contributed by atoms with van der Waals surface area (Å²) >= 11 is 0. The van der Waals surface area contributed by atoms with Crippen LogP contribution >= 0.6 is 0 Å². The quantitative estimate of drug-likeness (QED) is 0.716. The van der Waals surface area contributed by atoms with E-state index in [0.717, 1.165) is 24.4 Å². The molecule has 0 saturated heterocycles. The van der Waals surface area contributed by atoms with Crippen molar-refractivity contribution in [1.29, 1.82) is 0 Å². The molecule has 0 atom stereocenters. The van der Waals surface area contributed by atoms with E-state index in [2.05, 4.69) is 0 Å². The normalized spacial score (nSPS) is 11.7. The van der Waals surface area contributed by atoms with Gasteiger partial charge >= 0.3 is 12.1 Å². The first-order valence-corrected chi connectivity index (χ1v) is 7.39. The molecule has 0 saturated carbocycles. The molecule has 0 bridgehead atoms. The van der Waals surface area contributed by atoms with Gasteiger partial charge in [-0.3, -0.25) is 4.79 Å². The van der Waals surface area contributed by atoms with Crippen molar-refractivity contribution in [3.8, 4) is 0 Å². The fourth-order valence-electron chi connectivity index (χ4n) is 2.72. The molecule has 3 rings (SSSR count). The van der Waals surface area contributed by atoms with Crippen LogP contribution in [0, 0.1) is 5.82 Å². The van der Waals surface area contributed by atoms with Gasteiger partial charge in [-0.25, -0.2) is 9.18 Å². The highest BCUT2D eigenvalue weighted by Crippen LogP contribution is 2.30. The van der Waals surface area contributed by atoms with Crippen LogP contribution in [0.5, 0.6) is 0 Å². The van der Waals surface area contributed by atoms with Crippen molar-refractivity contribution < 1.29 is 27.5 Å². The van der Waals surface area contributed by atoms with Gasteiger partial charge in [0.05, 0.1) is 16.5 Å². The van der Waals surface area contributed by atoms with Crippen LogP contribution in [0.4, 0.5) is 17.6 Å². The standard InChI is InChI=1S/C18H11F4NO3/c19-13-5-2-6-14-15(13)16(24)12(17(25)26)9-23(14)8-10-3-1-4-11(7-10)18(20,21)22/h1-7,9H,8H2,(H,25,26). The van der Waals surface area contributed by atoms with Crippen molar-refractivity contribution in [2.75, 3.05) is 0 Å². The lowest BCUT2D eigenvalue weighted by Crippen LogP contribution is -2.20. The Morgan fingerprint density at radius 3 is 2.46 bits per heavy atom. The highest BCUT2D eigenvalue weighted by Gasteiger charge is 2.30. The maximum Gasteiger partial charge on any atom is 0.416 e. The number of aromatic carboxylic acids is 1. The van der Waals surface area contributed by atoms with Gasteiger partial charge in [-0.15, -0.1) is 0 Å². The Balaban J connectivity index is 2.20. The number of alkyl halides is 3. The Morgan fingerprint density at radius 1 is 1.12 bits per heavy atom. The summed E-state index contributed by atoms with van der Waals surface area (Å²) in [6.45, 7) is -0.162. The summed E-state index contributed by atoms with van der Waals surface area (Å²) in [6.07, 6.45) is -3.52. The van der Waals surface area contributed by atoms with E-state index < -0.39 is 39.9 Å². The third-order valence-corrected chi connectivity index (χ3v) is 3.90. The van der Waals surface area contributed by atoms with Crippen LogP contribution in [0.2, 0.25) is 0 Å². The Morgan fingerprint density at radius 2 is 1.81 bits per heavy atom. The summed E-state index contributed by atoms with van der Waals surface area (Å²) < 4.78 is 53.9. The molecule has 0 radical (unpaired) electrons. The van der Waals surface area contributed by atoms with E-state index in [1.165, 1.54) is 28.8 Å². The van der Waals surface area contributed by atoms with E-state index in [1.54, 1.807) is 0 Å². The summed E-state index contributed by atoms with van der Waals surface area (Å²) in [6, 6.07) is 8.24. The van der Waals surface area contributed by atoms with Crippen molar-refractivity contribution in [3.05, 3.63) is 81.4 Å². The molecule has 0 aliphatic rings.